The zero-order valence-corrected chi connectivity index (χ0v) is 15.3. The van der Waals surface area contributed by atoms with Crippen LogP contribution in [-0.4, -0.2) is 16.4 Å². The van der Waals surface area contributed by atoms with Gasteiger partial charge in [-0.3, -0.25) is 20.4 Å². The molecule has 0 aliphatic carbocycles. The second kappa shape index (κ2) is 8.85. The average Bonchev–Trinajstić information content (AvgIpc) is 3.10. The predicted molar refractivity (Wildman–Crippen MR) is 105 cm³/mol. The summed E-state index contributed by atoms with van der Waals surface area (Å²) in [6.45, 7) is 0. The summed E-state index contributed by atoms with van der Waals surface area (Å²) < 4.78 is 1.88. The van der Waals surface area contributed by atoms with E-state index in [2.05, 4.69) is 10.9 Å². The van der Waals surface area contributed by atoms with Crippen LogP contribution in [0.5, 0.6) is 0 Å². The molecule has 0 spiro atoms. The Kier molecular flexibility index (Phi) is 6.05. The monoisotopic (exact) mass is 361 g/mol. The van der Waals surface area contributed by atoms with Gasteiger partial charge in [0.25, 0.3) is 0 Å². The van der Waals surface area contributed by atoms with Crippen LogP contribution in [0.15, 0.2) is 79.0 Å². The molecule has 1 aromatic heterocycles. The highest BCUT2D eigenvalue weighted by molar-refractivity contribution is 5.83. The zero-order chi connectivity index (χ0) is 19.1. The topological polar surface area (TPSA) is 63.1 Å². The van der Waals surface area contributed by atoms with Gasteiger partial charge in [-0.15, -0.1) is 0 Å². The van der Waals surface area contributed by atoms with E-state index in [1.807, 2.05) is 90.6 Å². The van der Waals surface area contributed by atoms with Crippen LogP contribution in [0.25, 0.3) is 0 Å². The number of hydrazine groups is 1. The number of amides is 2. The van der Waals surface area contributed by atoms with Gasteiger partial charge in [-0.1, -0.05) is 60.7 Å². The summed E-state index contributed by atoms with van der Waals surface area (Å²) in [4.78, 5) is 24.5. The average molecular weight is 361 g/mol. The molecular weight excluding hydrogens is 338 g/mol. The van der Waals surface area contributed by atoms with E-state index in [1.165, 1.54) is 0 Å². The Bertz CT molecular complexity index is 849. The number of benzene rings is 2. The van der Waals surface area contributed by atoms with E-state index in [-0.39, 0.29) is 30.6 Å². The van der Waals surface area contributed by atoms with E-state index < -0.39 is 0 Å². The molecule has 0 aliphatic heterocycles. The van der Waals surface area contributed by atoms with Crippen molar-refractivity contribution in [2.45, 2.75) is 18.8 Å². The van der Waals surface area contributed by atoms with Gasteiger partial charge in [0, 0.05) is 31.3 Å². The van der Waals surface area contributed by atoms with Gasteiger partial charge in [0.2, 0.25) is 11.8 Å². The van der Waals surface area contributed by atoms with Crippen LogP contribution >= 0.6 is 0 Å². The fourth-order valence-electron chi connectivity index (χ4n) is 3.06. The van der Waals surface area contributed by atoms with E-state index in [1.54, 1.807) is 0 Å². The first kappa shape index (κ1) is 18.5. The van der Waals surface area contributed by atoms with Crippen molar-refractivity contribution < 1.29 is 9.59 Å². The molecule has 1 heterocycles. The highest BCUT2D eigenvalue weighted by atomic mass is 16.2. The lowest BCUT2D eigenvalue weighted by molar-refractivity contribution is -0.128. The third kappa shape index (κ3) is 5.07. The molecule has 0 aliphatic rings. The minimum Gasteiger partial charge on any atom is -0.354 e. The van der Waals surface area contributed by atoms with E-state index in [9.17, 15) is 9.59 Å². The number of rotatable bonds is 6. The van der Waals surface area contributed by atoms with Crippen LogP contribution < -0.4 is 10.9 Å². The zero-order valence-electron chi connectivity index (χ0n) is 15.3. The number of aryl methyl sites for hydroxylation is 1. The molecule has 0 radical (unpaired) electrons. The Hall–Kier alpha value is -3.34. The van der Waals surface area contributed by atoms with Crippen molar-refractivity contribution in [3.05, 3.63) is 95.8 Å². The Labute approximate surface area is 159 Å². The second-order valence-corrected chi connectivity index (χ2v) is 6.46. The second-order valence-electron chi connectivity index (χ2n) is 6.46. The molecule has 27 heavy (non-hydrogen) atoms. The van der Waals surface area contributed by atoms with E-state index in [0.29, 0.717) is 0 Å². The number of aromatic nitrogens is 1. The maximum absolute atomic E-state index is 12.4. The van der Waals surface area contributed by atoms with Crippen LogP contribution in [0.4, 0.5) is 0 Å². The Morgan fingerprint density at radius 2 is 1.37 bits per heavy atom. The molecule has 0 fully saturated rings. The number of carbonyl (C=O) groups is 2. The molecule has 0 bridgehead atoms. The first-order valence-corrected chi connectivity index (χ1v) is 8.91. The van der Waals surface area contributed by atoms with Crippen molar-refractivity contribution in [3.8, 4) is 0 Å². The fourth-order valence-corrected chi connectivity index (χ4v) is 3.06. The summed E-state index contributed by atoms with van der Waals surface area (Å²) >= 11 is 0. The molecule has 0 saturated heterocycles. The highest BCUT2D eigenvalue weighted by Gasteiger charge is 2.18. The van der Waals surface area contributed by atoms with Crippen molar-refractivity contribution in [1.29, 1.82) is 0 Å². The SMILES string of the molecule is Cn1cccc1CC(=O)NNC(=O)CC(c1ccccc1)c1ccccc1. The Morgan fingerprint density at radius 1 is 0.815 bits per heavy atom. The predicted octanol–water partition coefficient (Wildman–Crippen LogP) is 2.94. The van der Waals surface area contributed by atoms with Crippen LogP contribution in [-0.2, 0) is 23.1 Å². The smallest absolute Gasteiger partial charge is 0.244 e. The molecule has 5 heteroatoms. The van der Waals surface area contributed by atoms with Crippen molar-refractivity contribution in [2.75, 3.05) is 0 Å². The molecule has 138 valence electrons. The minimum absolute atomic E-state index is 0.0721. The molecule has 0 saturated carbocycles. The van der Waals surface area contributed by atoms with Crippen molar-refractivity contribution >= 4 is 11.8 Å². The molecule has 2 N–H and O–H groups in total. The third-order valence-electron chi connectivity index (χ3n) is 4.53. The van der Waals surface area contributed by atoms with Gasteiger partial charge in [0.05, 0.1) is 6.42 Å². The normalized spacial score (nSPS) is 10.6. The van der Waals surface area contributed by atoms with E-state index in [0.717, 1.165) is 16.8 Å². The van der Waals surface area contributed by atoms with E-state index in [4.69, 9.17) is 0 Å². The summed E-state index contributed by atoms with van der Waals surface area (Å²) in [5.74, 6) is -0.550. The summed E-state index contributed by atoms with van der Waals surface area (Å²) in [5, 5.41) is 0. The van der Waals surface area contributed by atoms with Crippen LogP contribution in [0.3, 0.4) is 0 Å². The van der Waals surface area contributed by atoms with Gasteiger partial charge >= 0.3 is 0 Å². The van der Waals surface area contributed by atoms with Gasteiger partial charge < -0.3 is 4.57 Å². The number of hydrogen-bond donors (Lipinski definition) is 2. The van der Waals surface area contributed by atoms with Crippen LogP contribution in [0.2, 0.25) is 0 Å². The number of hydrogen-bond acceptors (Lipinski definition) is 2. The maximum Gasteiger partial charge on any atom is 0.244 e. The van der Waals surface area contributed by atoms with Gasteiger partial charge in [0.1, 0.15) is 0 Å². The Balaban J connectivity index is 1.61. The molecule has 0 unspecified atom stereocenters. The van der Waals surface area contributed by atoms with Gasteiger partial charge in [0.15, 0.2) is 0 Å². The van der Waals surface area contributed by atoms with E-state index >= 15 is 0 Å². The van der Waals surface area contributed by atoms with Gasteiger partial charge in [-0.25, -0.2) is 0 Å². The summed E-state index contributed by atoms with van der Waals surface area (Å²) in [5.41, 5.74) is 8.05. The van der Waals surface area contributed by atoms with Crippen molar-refractivity contribution in [1.82, 2.24) is 15.4 Å². The molecule has 0 atom stereocenters. The molecule has 2 aromatic carbocycles. The molecular formula is C22H23N3O2. The van der Waals surface area contributed by atoms with Crippen molar-refractivity contribution in [2.24, 2.45) is 7.05 Å². The van der Waals surface area contributed by atoms with Crippen LogP contribution in [0.1, 0.15) is 29.2 Å². The standard InChI is InChI=1S/C22H23N3O2/c1-25-14-8-13-19(25)15-21(26)23-24-22(27)16-20(17-9-4-2-5-10-17)18-11-6-3-7-12-18/h2-14,20H,15-16H2,1H3,(H,23,26)(H,24,27). The quantitative estimate of drug-likeness (QED) is 0.663. The lowest BCUT2D eigenvalue weighted by Gasteiger charge is -2.18. The number of carbonyl (C=O) groups excluding carboxylic acids is 2. The number of nitrogens with one attached hydrogen (secondary N) is 2. The fraction of sp³-hybridized carbons (Fsp3) is 0.182. The minimum atomic E-state index is -0.249. The summed E-state index contributed by atoms with van der Waals surface area (Å²) in [6.07, 6.45) is 2.34. The first-order valence-electron chi connectivity index (χ1n) is 8.91. The van der Waals surface area contributed by atoms with Crippen molar-refractivity contribution in [3.63, 3.8) is 0 Å². The summed E-state index contributed by atoms with van der Waals surface area (Å²) in [6, 6.07) is 23.6. The third-order valence-corrected chi connectivity index (χ3v) is 4.53. The lowest BCUT2D eigenvalue weighted by atomic mass is 9.88. The van der Waals surface area contributed by atoms with Gasteiger partial charge in [-0.05, 0) is 23.3 Å². The van der Waals surface area contributed by atoms with Crippen LogP contribution in [0, 0.1) is 0 Å². The van der Waals surface area contributed by atoms with Gasteiger partial charge in [-0.2, -0.15) is 0 Å². The molecule has 2 amide bonds. The molecule has 5 nitrogen and oxygen atoms in total. The molecule has 3 aromatic rings. The summed E-state index contributed by atoms with van der Waals surface area (Å²) in [7, 11) is 1.88. The first-order chi connectivity index (χ1) is 13.1. The number of nitrogens with zero attached hydrogens (tertiary/aromatic N) is 1. The lowest BCUT2D eigenvalue weighted by Crippen LogP contribution is -2.43. The molecule has 3 rings (SSSR count). The largest absolute Gasteiger partial charge is 0.354 e. The Morgan fingerprint density at radius 3 is 1.89 bits per heavy atom. The highest BCUT2D eigenvalue weighted by Crippen LogP contribution is 2.27. The maximum atomic E-state index is 12.4.